The van der Waals surface area contributed by atoms with E-state index in [0.717, 1.165) is 11.3 Å². The summed E-state index contributed by atoms with van der Waals surface area (Å²) in [5.41, 5.74) is 6.24. The molecule has 1 aliphatic rings. The van der Waals surface area contributed by atoms with Gasteiger partial charge in [0, 0.05) is 17.5 Å². The van der Waals surface area contributed by atoms with Gasteiger partial charge in [0.2, 0.25) is 5.91 Å². The molecule has 0 aliphatic carbocycles. The second kappa shape index (κ2) is 4.53. The molecule has 2 rings (SSSR count). The van der Waals surface area contributed by atoms with E-state index in [9.17, 15) is 4.79 Å². The van der Waals surface area contributed by atoms with Crippen molar-refractivity contribution >= 4 is 5.91 Å². The largest absolute Gasteiger partial charge is 0.493 e. The van der Waals surface area contributed by atoms with Gasteiger partial charge in [0.05, 0.1) is 13.2 Å². The highest BCUT2D eigenvalue weighted by molar-refractivity contribution is 5.76. The summed E-state index contributed by atoms with van der Waals surface area (Å²) in [6.45, 7) is 2.95. The first-order valence-corrected chi connectivity index (χ1v) is 5.42. The lowest BCUT2D eigenvalue weighted by Crippen LogP contribution is -2.38. The minimum absolute atomic E-state index is 0.137. The molecular weight excluding hydrogens is 204 g/mol. The SMILES string of the molecule is CC1COc2ccccc2C1NCC(N)=O. The minimum Gasteiger partial charge on any atom is -0.493 e. The summed E-state index contributed by atoms with van der Waals surface area (Å²) in [7, 11) is 0. The van der Waals surface area contributed by atoms with E-state index in [4.69, 9.17) is 10.5 Å². The molecule has 0 bridgehead atoms. The van der Waals surface area contributed by atoms with Crippen molar-refractivity contribution in [1.29, 1.82) is 0 Å². The number of fused-ring (bicyclic) bond motifs is 1. The van der Waals surface area contributed by atoms with Gasteiger partial charge >= 0.3 is 0 Å². The lowest BCUT2D eigenvalue weighted by molar-refractivity contribution is -0.117. The third-order valence-corrected chi connectivity index (χ3v) is 2.82. The number of para-hydroxylation sites is 1. The number of carbonyl (C=O) groups excluding carboxylic acids is 1. The lowest BCUT2D eigenvalue weighted by Gasteiger charge is -2.31. The molecule has 0 aromatic heterocycles. The van der Waals surface area contributed by atoms with Gasteiger partial charge in [0.1, 0.15) is 5.75 Å². The number of nitrogens with one attached hydrogen (secondary N) is 1. The van der Waals surface area contributed by atoms with Crippen LogP contribution in [0, 0.1) is 5.92 Å². The quantitative estimate of drug-likeness (QED) is 0.793. The van der Waals surface area contributed by atoms with E-state index in [-0.39, 0.29) is 18.5 Å². The highest BCUT2D eigenvalue weighted by Crippen LogP contribution is 2.34. The minimum atomic E-state index is -0.337. The van der Waals surface area contributed by atoms with E-state index < -0.39 is 0 Å². The summed E-state index contributed by atoms with van der Waals surface area (Å²) in [6.07, 6.45) is 0. The van der Waals surface area contributed by atoms with Gasteiger partial charge in [-0.25, -0.2) is 0 Å². The fourth-order valence-electron chi connectivity index (χ4n) is 2.01. The number of amides is 1. The molecular formula is C12H16N2O2. The molecule has 2 unspecified atom stereocenters. The third-order valence-electron chi connectivity index (χ3n) is 2.82. The highest BCUT2D eigenvalue weighted by atomic mass is 16.5. The fraction of sp³-hybridized carbons (Fsp3) is 0.417. The monoisotopic (exact) mass is 220 g/mol. The third kappa shape index (κ3) is 2.17. The molecule has 0 saturated carbocycles. The summed E-state index contributed by atoms with van der Waals surface area (Å²) in [4.78, 5) is 10.8. The Kier molecular flexibility index (Phi) is 3.10. The second-order valence-electron chi connectivity index (χ2n) is 4.15. The molecule has 1 aromatic rings. The van der Waals surface area contributed by atoms with E-state index >= 15 is 0 Å². The van der Waals surface area contributed by atoms with Gasteiger partial charge < -0.3 is 15.8 Å². The van der Waals surface area contributed by atoms with E-state index in [1.165, 1.54) is 0 Å². The first-order chi connectivity index (χ1) is 7.68. The van der Waals surface area contributed by atoms with Gasteiger partial charge in [-0.2, -0.15) is 0 Å². The van der Waals surface area contributed by atoms with Gasteiger partial charge in [-0.3, -0.25) is 4.79 Å². The van der Waals surface area contributed by atoms with Gasteiger partial charge in [-0.1, -0.05) is 25.1 Å². The Labute approximate surface area is 94.8 Å². The van der Waals surface area contributed by atoms with Crippen LogP contribution in [0.1, 0.15) is 18.5 Å². The molecule has 3 N–H and O–H groups in total. The Morgan fingerprint density at radius 1 is 1.56 bits per heavy atom. The lowest BCUT2D eigenvalue weighted by atomic mass is 9.92. The van der Waals surface area contributed by atoms with Crippen LogP contribution in [0.25, 0.3) is 0 Å². The second-order valence-corrected chi connectivity index (χ2v) is 4.15. The summed E-state index contributed by atoms with van der Waals surface area (Å²) >= 11 is 0. The predicted molar refractivity (Wildman–Crippen MR) is 61.0 cm³/mol. The number of hydrogen-bond acceptors (Lipinski definition) is 3. The molecule has 0 saturated heterocycles. The van der Waals surface area contributed by atoms with E-state index in [1.54, 1.807) is 0 Å². The highest BCUT2D eigenvalue weighted by Gasteiger charge is 2.27. The number of hydrogen-bond donors (Lipinski definition) is 2. The number of rotatable bonds is 3. The first kappa shape index (κ1) is 11.0. The molecule has 1 aromatic carbocycles. The van der Waals surface area contributed by atoms with Crippen LogP contribution in [0.3, 0.4) is 0 Å². The molecule has 1 amide bonds. The molecule has 16 heavy (non-hydrogen) atoms. The van der Waals surface area contributed by atoms with Crippen molar-refractivity contribution in [1.82, 2.24) is 5.32 Å². The fourth-order valence-corrected chi connectivity index (χ4v) is 2.01. The van der Waals surface area contributed by atoms with Crippen molar-refractivity contribution in [2.75, 3.05) is 13.2 Å². The summed E-state index contributed by atoms with van der Waals surface area (Å²) < 4.78 is 5.62. The summed E-state index contributed by atoms with van der Waals surface area (Å²) in [5.74, 6) is 0.882. The number of benzene rings is 1. The van der Waals surface area contributed by atoms with Crippen LogP contribution in [0.5, 0.6) is 5.75 Å². The van der Waals surface area contributed by atoms with Crippen molar-refractivity contribution in [3.63, 3.8) is 0 Å². The predicted octanol–water partition coefficient (Wildman–Crippen LogP) is 0.831. The van der Waals surface area contributed by atoms with Gasteiger partial charge in [0.25, 0.3) is 0 Å². The zero-order valence-electron chi connectivity index (χ0n) is 9.27. The van der Waals surface area contributed by atoms with Crippen LogP contribution in [0.4, 0.5) is 0 Å². The smallest absolute Gasteiger partial charge is 0.231 e. The van der Waals surface area contributed by atoms with Crippen molar-refractivity contribution in [2.24, 2.45) is 11.7 Å². The molecule has 86 valence electrons. The molecule has 0 fully saturated rings. The van der Waals surface area contributed by atoms with Crippen molar-refractivity contribution < 1.29 is 9.53 Å². The number of carbonyl (C=O) groups is 1. The molecule has 1 aliphatic heterocycles. The van der Waals surface area contributed by atoms with Crippen LogP contribution in [0.15, 0.2) is 24.3 Å². The maximum absolute atomic E-state index is 10.8. The normalized spacial score (nSPS) is 23.3. The summed E-state index contributed by atoms with van der Waals surface area (Å²) in [6, 6.07) is 8.01. The van der Waals surface area contributed by atoms with Gasteiger partial charge in [-0.15, -0.1) is 0 Å². The number of ether oxygens (including phenoxy) is 1. The number of primary amides is 1. The van der Waals surface area contributed by atoms with Crippen molar-refractivity contribution in [3.05, 3.63) is 29.8 Å². The zero-order chi connectivity index (χ0) is 11.5. The van der Waals surface area contributed by atoms with Crippen molar-refractivity contribution in [2.45, 2.75) is 13.0 Å². The Morgan fingerprint density at radius 3 is 3.06 bits per heavy atom. The Bertz CT molecular complexity index is 392. The van der Waals surface area contributed by atoms with Crippen LogP contribution < -0.4 is 15.8 Å². The topological polar surface area (TPSA) is 64.3 Å². The summed E-state index contributed by atoms with van der Waals surface area (Å²) in [5, 5.41) is 3.17. The molecule has 0 spiro atoms. The molecule has 1 heterocycles. The first-order valence-electron chi connectivity index (χ1n) is 5.42. The molecule has 4 nitrogen and oxygen atoms in total. The maximum Gasteiger partial charge on any atom is 0.231 e. The van der Waals surface area contributed by atoms with E-state index in [2.05, 4.69) is 12.2 Å². The van der Waals surface area contributed by atoms with E-state index in [1.807, 2.05) is 24.3 Å². The van der Waals surface area contributed by atoms with E-state index in [0.29, 0.717) is 12.5 Å². The zero-order valence-corrected chi connectivity index (χ0v) is 9.27. The Hall–Kier alpha value is -1.55. The number of nitrogens with two attached hydrogens (primary N) is 1. The van der Waals surface area contributed by atoms with Crippen LogP contribution in [-0.2, 0) is 4.79 Å². The Morgan fingerprint density at radius 2 is 2.31 bits per heavy atom. The maximum atomic E-state index is 10.8. The Balaban J connectivity index is 2.19. The average molecular weight is 220 g/mol. The molecule has 4 heteroatoms. The average Bonchev–Trinajstić information content (AvgIpc) is 2.27. The van der Waals surface area contributed by atoms with Crippen LogP contribution >= 0.6 is 0 Å². The molecule has 0 radical (unpaired) electrons. The molecule has 2 atom stereocenters. The standard InChI is InChI=1S/C12H16N2O2/c1-8-7-16-10-5-3-2-4-9(10)12(8)14-6-11(13)15/h2-5,8,12,14H,6-7H2,1H3,(H2,13,15). The van der Waals surface area contributed by atoms with Crippen molar-refractivity contribution in [3.8, 4) is 5.75 Å². The van der Waals surface area contributed by atoms with Crippen LogP contribution in [-0.4, -0.2) is 19.1 Å². The van der Waals surface area contributed by atoms with Crippen LogP contribution in [0.2, 0.25) is 0 Å². The van der Waals surface area contributed by atoms with Gasteiger partial charge in [0.15, 0.2) is 0 Å². The van der Waals surface area contributed by atoms with Gasteiger partial charge in [-0.05, 0) is 6.07 Å².